The maximum atomic E-state index is 12.1. The lowest BCUT2D eigenvalue weighted by Crippen LogP contribution is -2.32. The van der Waals surface area contributed by atoms with Crippen LogP contribution in [0.5, 0.6) is 0 Å². The van der Waals surface area contributed by atoms with E-state index in [2.05, 4.69) is 26.1 Å². The molecule has 0 spiro atoms. The molecule has 37 heavy (non-hydrogen) atoms. The van der Waals surface area contributed by atoms with Gasteiger partial charge in [0.15, 0.2) is 0 Å². The van der Waals surface area contributed by atoms with Gasteiger partial charge < -0.3 is 5.32 Å². The van der Waals surface area contributed by atoms with E-state index < -0.39 is 0 Å². The highest BCUT2D eigenvalue weighted by Gasteiger charge is 2.06. The van der Waals surface area contributed by atoms with Crippen molar-refractivity contribution in [2.75, 3.05) is 0 Å². The van der Waals surface area contributed by atoms with Crippen LogP contribution in [0.3, 0.4) is 0 Å². The minimum atomic E-state index is 0.266. The molecule has 0 aromatic rings. The second-order valence-corrected chi connectivity index (χ2v) is 12.2. The summed E-state index contributed by atoms with van der Waals surface area (Å²) in [7, 11) is 0. The Hall–Kier alpha value is -0.530. The van der Waals surface area contributed by atoms with E-state index in [-0.39, 0.29) is 5.91 Å². The van der Waals surface area contributed by atoms with E-state index >= 15 is 0 Å². The van der Waals surface area contributed by atoms with E-state index in [9.17, 15) is 4.79 Å². The van der Waals surface area contributed by atoms with Crippen molar-refractivity contribution in [3.05, 3.63) is 0 Å². The number of carbonyl (C=O) groups is 1. The zero-order chi connectivity index (χ0) is 27.1. The first-order valence-electron chi connectivity index (χ1n) is 17.5. The predicted octanol–water partition coefficient (Wildman–Crippen LogP) is 12.2. The molecule has 0 bridgehead atoms. The van der Waals surface area contributed by atoms with E-state index in [0.717, 1.165) is 19.3 Å². The first kappa shape index (κ1) is 36.5. The van der Waals surface area contributed by atoms with Gasteiger partial charge in [0.25, 0.3) is 0 Å². The number of carbonyl (C=O) groups excluding carboxylic acids is 1. The molecular weight excluding hydrogens is 450 g/mol. The maximum absolute atomic E-state index is 12.1. The van der Waals surface area contributed by atoms with Gasteiger partial charge in [-0.2, -0.15) is 0 Å². The molecule has 0 aliphatic heterocycles. The molecule has 2 heteroatoms. The van der Waals surface area contributed by atoms with Gasteiger partial charge in [0.1, 0.15) is 0 Å². The van der Waals surface area contributed by atoms with Crippen molar-refractivity contribution in [2.45, 2.75) is 219 Å². The van der Waals surface area contributed by atoms with Crippen LogP contribution in [0, 0.1) is 0 Å². The Morgan fingerprint density at radius 2 is 0.703 bits per heavy atom. The van der Waals surface area contributed by atoms with Crippen LogP contribution < -0.4 is 5.32 Å². The molecule has 0 saturated carbocycles. The molecule has 1 amide bonds. The molecule has 0 radical (unpaired) electrons. The van der Waals surface area contributed by atoms with Gasteiger partial charge in [-0.1, -0.05) is 187 Å². The van der Waals surface area contributed by atoms with Crippen LogP contribution in [0.2, 0.25) is 0 Å². The van der Waals surface area contributed by atoms with Gasteiger partial charge in [0.2, 0.25) is 5.91 Å². The standard InChI is InChI=1S/C35H71NO/c1-4-6-8-10-11-12-13-14-15-16-17-18-19-20-21-22-23-24-25-26-27-28-29-31-33-35(37)36-34(3)32-30-9-7-5-2/h34H,4-33H2,1-3H3,(H,36,37). The molecular formula is C35H71NO. The molecule has 0 rings (SSSR count). The summed E-state index contributed by atoms with van der Waals surface area (Å²) in [6.07, 6.45) is 40.9. The van der Waals surface area contributed by atoms with Crippen molar-refractivity contribution in [1.82, 2.24) is 5.32 Å². The van der Waals surface area contributed by atoms with Crippen LogP contribution in [-0.2, 0) is 4.79 Å². The number of amides is 1. The number of hydrogen-bond donors (Lipinski definition) is 1. The summed E-state index contributed by atoms with van der Waals surface area (Å²) in [5.41, 5.74) is 0. The van der Waals surface area contributed by atoms with E-state index in [4.69, 9.17) is 0 Å². The molecule has 0 aliphatic rings. The van der Waals surface area contributed by atoms with E-state index in [1.54, 1.807) is 0 Å². The first-order chi connectivity index (χ1) is 18.2. The molecule has 1 atom stereocenters. The maximum Gasteiger partial charge on any atom is 0.220 e. The number of rotatable bonds is 31. The van der Waals surface area contributed by atoms with E-state index in [1.807, 2.05) is 0 Å². The minimum Gasteiger partial charge on any atom is -0.354 e. The molecule has 0 aromatic heterocycles. The number of nitrogens with one attached hydrogen (secondary N) is 1. The highest BCUT2D eigenvalue weighted by atomic mass is 16.1. The summed E-state index contributed by atoms with van der Waals surface area (Å²) >= 11 is 0. The molecule has 0 aromatic carbocycles. The van der Waals surface area contributed by atoms with Crippen LogP contribution in [0.15, 0.2) is 0 Å². The Balaban J connectivity index is 3.16. The largest absolute Gasteiger partial charge is 0.354 e. The van der Waals surface area contributed by atoms with Crippen LogP contribution in [0.4, 0.5) is 0 Å². The molecule has 1 unspecified atom stereocenters. The van der Waals surface area contributed by atoms with Crippen LogP contribution in [-0.4, -0.2) is 11.9 Å². The van der Waals surface area contributed by atoms with Gasteiger partial charge in [-0.05, 0) is 19.8 Å². The predicted molar refractivity (Wildman–Crippen MR) is 167 cm³/mol. The Morgan fingerprint density at radius 1 is 0.432 bits per heavy atom. The Bertz CT molecular complexity index is 435. The highest BCUT2D eigenvalue weighted by molar-refractivity contribution is 5.76. The third-order valence-corrected chi connectivity index (χ3v) is 8.16. The fourth-order valence-electron chi connectivity index (χ4n) is 5.54. The lowest BCUT2D eigenvalue weighted by molar-refractivity contribution is -0.121. The molecule has 0 saturated heterocycles. The van der Waals surface area contributed by atoms with E-state index in [1.165, 1.54) is 173 Å². The summed E-state index contributed by atoms with van der Waals surface area (Å²) in [5.74, 6) is 0.266. The molecule has 222 valence electrons. The Labute approximate surface area is 235 Å². The normalized spacial score (nSPS) is 12.2. The van der Waals surface area contributed by atoms with Crippen molar-refractivity contribution in [3.8, 4) is 0 Å². The van der Waals surface area contributed by atoms with E-state index in [0.29, 0.717) is 6.04 Å². The van der Waals surface area contributed by atoms with Gasteiger partial charge >= 0.3 is 0 Å². The van der Waals surface area contributed by atoms with Crippen molar-refractivity contribution in [3.63, 3.8) is 0 Å². The summed E-state index contributed by atoms with van der Waals surface area (Å²) in [4.78, 5) is 12.1. The van der Waals surface area contributed by atoms with Gasteiger partial charge in [0.05, 0.1) is 0 Å². The van der Waals surface area contributed by atoms with Crippen molar-refractivity contribution >= 4 is 5.91 Å². The second-order valence-electron chi connectivity index (χ2n) is 12.2. The third kappa shape index (κ3) is 31.6. The third-order valence-electron chi connectivity index (χ3n) is 8.16. The lowest BCUT2D eigenvalue weighted by atomic mass is 10.0. The van der Waals surface area contributed by atoms with Crippen LogP contribution >= 0.6 is 0 Å². The minimum absolute atomic E-state index is 0.266. The summed E-state index contributed by atoms with van der Waals surface area (Å²) in [6.45, 7) is 6.70. The average molecular weight is 522 g/mol. The fraction of sp³-hybridized carbons (Fsp3) is 0.971. The van der Waals surface area contributed by atoms with Gasteiger partial charge in [-0.3, -0.25) is 4.79 Å². The fourth-order valence-corrected chi connectivity index (χ4v) is 5.54. The van der Waals surface area contributed by atoms with Crippen LogP contribution in [0.1, 0.15) is 213 Å². The van der Waals surface area contributed by atoms with Crippen molar-refractivity contribution in [1.29, 1.82) is 0 Å². The molecule has 2 nitrogen and oxygen atoms in total. The molecule has 0 heterocycles. The van der Waals surface area contributed by atoms with Gasteiger partial charge in [0, 0.05) is 12.5 Å². The van der Waals surface area contributed by atoms with Gasteiger partial charge in [-0.25, -0.2) is 0 Å². The molecule has 0 fully saturated rings. The molecule has 1 N–H and O–H groups in total. The number of hydrogen-bond acceptors (Lipinski definition) is 1. The zero-order valence-corrected chi connectivity index (χ0v) is 26.2. The molecule has 0 aliphatic carbocycles. The monoisotopic (exact) mass is 522 g/mol. The lowest BCUT2D eigenvalue weighted by Gasteiger charge is -2.13. The summed E-state index contributed by atoms with van der Waals surface area (Å²) in [6, 6.07) is 0.346. The van der Waals surface area contributed by atoms with Gasteiger partial charge in [-0.15, -0.1) is 0 Å². The van der Waals surface area contributed by atoms with Crippen LogP contribution in [0.25, 0.3) is 0 Å². The van der Waals surface area contributed by atoms with Crippen molar-refractivity contribution < 1.29 is 4.79 Å². The van der Waals surface area contributed by atoms with Crippen molar-refractivity contribution in [2.24, 2.45) is 0 Å². The topological polar surface area (TPSA) is 29.1 Å². The average Bonchev–Trinajstić information content (AvgIpc) is 2.89. The number of unbranched alkanes of at least 4 members (excludes halogenated alkanes) is 26. The quantitative estimate of drug-likeness (QED) is 0.0903. The highest BCUT2D eigenvalue weighted by Crippen LogP contribution is 2.16. The zero-order valence-electron chi connectivity index (χ0n) is 26.2. The summed E-state index contributed by atoms with van der Waals surface area (Å²) < 4.78 is 0. The summed E-state index contributed by atoms with van der Waals surface area (Å²) in [5, 5.41) is 3.18. The Kier molecular flexibility index (Phi) is 31.2. The smallest absolute Gasteiger partial charge is 0.220 e. The second kappa shape index (κ2) is 31.7. The SMILES string of the molecule is CCCCCCCCCCCCCCCCCCCCCCCCCCC(=O)NC(C)CCCCCC. The first-order valence-corrected chi connectivity index (χ1v) is 17.5. The Morgan fingerprint density at radius 3 is 1.03 bits per heavy atom.